The van der Waals surface area contributed by atoms with E-state index in [-0.39, 0.29) is 47.5 Å². The molecule has 1 unspecified atom stereocenters. The van der Waals surface area contributed by atoms with Gasteiger partial charge in [-0.2, -0.15) is 0 Å². The van der Waals surface area contributed by atoms with Gasteiger partial charge in [-0.25, -0.2) is 4.76 Å². The molecule has 2 rings (SSSR count). The molecular formula is C24H21N2O10PW2. The molecule has 0 aromatic heterocycles. The van der Waals surface area contributed by atoms with Crippen LogP contribution in [-0.2, 0) is 88.7 Å². The van der Waals surface area contributed by atoms with E-state index in [1.54, 1.807) is 0 Å². The van der Waals surface area contributed by atoms with Gasteiger partial charge in [0.1, 0.15) is 0 Å². The number of rotatable bonds is 1. The van der Waals surface area contributed by atoms with Crippen LogP contribution in [0.15, 0.2) is 38.8 Å². The number of nitrogens with zero attached hydrogens (tertiary/aromatic N) is 1. The van der Waals surface area contributed by atoms with Crippen LogP contribution in [0, 0.1) is 71.9 Å². The predicted molar refractivity (Wildman–Crippen MR) is 117 cm³/mol. The summed E-state index contributed by atoms with van der Waals surface area (Å²) in [6.45, 7) is 58.3. The third-order valence-corrected chi connectivity index (χ3v) is 5.34. The summed E-state index contributed by atoms with van der Waals surface area (Å²) in [7, 11) is 0.458. The molecule has 1 aliphatic heterocycles. The van der Waals surface area contributed by atoms with Gasteiger partial charge in [0.25, 0.3) is 0 Å². The van der Waals surface area contributed by atoms with E-state index in [2.05, 4.69) is 119 Å². The summed E-state index contributed by atoms with van der Waals surface area (Å²) in [6.07, 6.45) is 2.19. The first-order chi connectivity index (χ1) is 17.9. The minimum Gasteiger partial charge on any atom is 0 e. The fourth-order valence-corrected chi connectivity index (χ4v) is 3.40. The van der Waals surface area contributed by atoms with E-state index in [1.807, 2.05) is 0 Å². The van der Waals surface area contributed by atoms with E-state index in [9.17, 15) is 0 Å². The molecule has 15 heteroatoms. The van der Waals surface area contributed by atoms with Gasteiger partial charge in [0.15, 0.2) is 0 Å². The first-order valence-corrected chi connectivity index (χ1v) is 9.01. The second-order valence-corrected chi connectivity index (χ2v) is 5.88. The molecule has 1 aliphatic carbocycles. The monoisotopic (exact) mass is 896 g/mol. The Bertz CT molecular complexity index is 807. The van der Waals surface area contributed by atoms with Gasteiger partial charge >= 0.3 is 113 Å². The number of hydrogen-bond acceptors (Lipinski definition) is 2. The molecule has 0 bridgehead atoms. The summed E-state index contributed by atoms with van der Waals surface area (Å²) >= 11 is 0. The zero-order valence-electron chi connectivity index (χ0n) is 21.4. The van der Waals surface area contributed by atoms with E-state index in [0.29, 0.717) is 8.88 Å². The summed E-state index contributed by atoms with van der Waals surface area (Å²) < 4.78 is 79.7. The van der Waals surface area contributed by atoms with Gasteiger partial charge < -0.3 is 5.09 Å². The van der Waals surface area contributed by atoms with Crippen molar-refractivity contribution in [2.75, 3.05) is 0 Å². The van der Waals surface area contributed by atoms with E-state index >= 15 is 0 Å². The Labute approximate surface area is 259 Å². The topological polar surface area (TPSA) is 223 Å². The predicted octanol–water partition coefficient (Wildman–Crippen LogP) is 3.76. The third-order valence-electron chi connectivity index (χ3n) is 4.48. The maximum atomic E-state index is 7.50. The molecule has 204 valence electrons. The number of nitrogens with one attached hydrogen (secondary N) is 1. The first-order valence-electron chi connectivity index (χ1n) is 8.07. The van der Waals surface area contributed by atoms with Crippen LogP contribution in [0.3, 0.4) is 0 Å². The van der Waals surface area contributed by atoms with Gasteiger partial charge in [-0.05, 0) is 58.8 Å². The van der Waals surface area contributed by atoms with Gasteiger partial charge in [0, 0.05) is 47.8 Å². The zero-order chi connectivity index (χ0) is 32.8. The largest absolute Gasteiger partial charge is 0 e. The Morgan fingerprint density at radius 3 is 1.00 bits per heavy atom. The molecule has 0 spiro atoms. The molecule has 2 aliphatic rings. The molecular weight excluding hydrogens is 875 g/mol. The third kappa shape index (κ3) is 28.7. The van der Waals surface area contributed by atoms with Crippen LogP contribution in [0.4, 0.5) is 0 Å². The summed E-state index contributed by atoms with van der Waals surface area (Å²) in [5.74, 6) is 0. The van der Waals surface area contributed by atoms with Gasteiger partial charge in [0.05, 0.1) is 20.0 Å². The molecule has 0 saturated heterocycles. The Morgan fingerprint density at radius 2 is 0.795 bits per heavy atom. The second kappa shape index (κ2) is 65.2. The molecule has 1 heterocycles. The van der Waals surface area contributed by atoms with Crippen LogP contribution < -0.4 is 5.09 Å². The van der Waals surface area contributed by atoms with Gasteiger partial charge in [-0.3, -0.25) is 0 Å². The van der Waals surface area contributed by atoms with E-state index in [4.69, 9.17) is 51.3 Å². The Hall–Kier alpha value is -2.10. The SMILES string of the molecule is CC1=CC(C2(C)C(C)=C(C)C(C)=C2C)=NPN1.[C-]#[O+].[C-]#[O+].[C-]#[O+].[C-]#[O+].[C-]#[O+].[C-]#[O+].[C-]#[O+].[C-]#[O+].[C-]#[O+].[C-]#[O+].[W].[W]. The Kier molecular flexibility index (Phi) is 118. The minimum absolute atomic E-state index is 0. The molecule has 12 nitrogen and oxygen atoms in total. The van der Waals surface area contributed by atoms with E-state index in [0.717, 1.165) is 0 Å². The summed E-state index contributed by atoms with van der Waals surface area (Å²) in [5, 5.41) is 3.27. The minimum atomic E-state index is 0. The standard InChI is InChI=1S/C14H21N2P.10CO.2W/c1-8-7-13(16-17-15-8)14(6)11(4)9(2)10(3)12(14)5;10*1-2;;/h7,15,17H,1-6H3;;;;;;;;;;;;. The molecule has 0 aromatic rings. The van der Waals surface area contributed by atoms with E-state index < -0.39 is 0 Å². The van der Waals surface area contributed by atoms with Gasteiger partial charge in [0.2, 0.25) is 0 Å². The molecule has 0 fully saturated rings. The second-order valence-electron chi connectivity index (χ2n) is 5.19. The average molecular weight is 896 g/mol. The normalized spacial score (nSPS) is 11.4. The molecule has 1 atom stereocenters. The van der Waals surface area contributed by atoms with Crippen molar-refractivity contribution in [2.45, 2.75) is 41.5 Å². The summed E-state index contributed by atoms with van der Waals surface area (Å²) in [4.78, 5) is 0. The zero-order valence-corrected chi connectivity index (χ0v) is 28.3. The van der Waals surface area contributed by atoms with Crippen molar-refractivity contribution in [3.63, 3.8) is 0 Å². The van der Waals surface area contributed by atoms with Crippen LogP contribution in [0.25, 0.3) is 0 Å². The Balaban J connectivity index is -0.0000000339. The molecule has 0 aromatic carbocycles. The van der Waals surface area contributed by atoms with Crippen molar-refractivity contribution in [3.8, 4) is 0 Å². The van der Waals surface area contributed by atoms with Crippen LogP contribution in [0.1, 0.15) is 41.5 Å². The van der Waals surface area contributed by atoms with Crippen molar-refractivity contribution in [3.05, 3.63) is 101 Å². The van der Waals surface area contributed by atoms with Crippen molar-refractivity contribution in [1.29, 1.82) is 0 Å². The van der Waals surface area contributed by atoms with Crippen molar-refractivity contribution < 1.29 is 88.7 Å². The van der Waals surface area contributed by atoms with Crippen LogP contribution in [-0.4, -0.2) is 5.71 Å². The smallest absolute Gasteiger partial charge is 0 e. The molecule has 0 saturated carbocycles. The first kappa shape index (κ1) is 70.9. The van der Waals surface area contributed by atoms with E-state index in [1.165, 1.54) is 33.7 Å². The van der Waals surface area contributed by atoms with Crippen LogP contribution >= 0.6 is 8.88 Å². The average Bonchev–Trinajstić information content (AvgIpc) is 3.19. The quantitative estimate of drug-likeness (QED) is 0.232. The van der Waals surface area contributed by atoms with Gasteiger partial charge in [-0.15, -0.1) is 0 Å². The molecule has 0 amide bonds. The molecule has 39 heavy (non-hydrogen) atoms. The van der Waals surface area contributed by atoms with Gasteiger partial charge in [-0.1, -0.05) is 11.1 Å². The number of allylic oxidation sites excluding steroid dienone is 6. The molecule has 0 radical (unpaired) electrons. The van der Waals surface area contributed by atoms with Crippen LogP contribution in [0.2, 0.25) is 0 Å². The van der Waals surface area contributed by atoms with Crippen molar-refractivity contribution >= 4 is 14.6 Å². The fourth-order valence-electron chi connectivity index (χ4n) is 2.68. The van der Waals surface area contributed by atoms with Crippen molar-refractivity contribution in [2.24, 2.45) is 10.2 Å². The number of hydrogen-bond donors (Lipinski definition) is 1. The van der Waals surface area contributed by atoms with Crippen LogP contribution in [0.5, 0.6) is 0 Å². The maximum Gasteiger partial charge on any atom is 0 e. The van der Waals surface area contributed by atoms with Crippen molar-refractivity contribution in [1.82, 2.24) is 5.09 Å². The fraction of sp³-hybridized carbons (Fsp3) is 0.292. The molecule has 1 N–H and O–H groups in total. The summed E-state index contributed by atoms with van der Waals surface area (Å²) in [6, 6.07) is 0. The Morgan fingerprint density at radius 1 is 0.564 bits per heavy atom. The maximum absolute atomic E-state index is 7.50. The summed E-state index contributed by atoms with van der Waals surface area (Å²) in [5.41, 5.74) is 8.19.